The molecule has 1 rings (SSSR count). The van der Waals surface area contributed by atoms with E-state index in [9.17, 15) is 13.5 Å². The van der Waals surface area contributed by atoms with Crippen molar-refractivity contribution in [3.8, 4) is 0 Å². The highest BCUT2D eigenvalue weighted by Crippen LogP contribution is 2.26. The summed E-state index contributed by atoms with van der Waals surface area (Å²) in [6.07, 6.45) is -0.420. The van der Waals surface area contributed by atoms with E-state index in [1.54, 1.807) is 13.0 Å². The Morgan fingerprint density at radius 3 is 2.75 bits per heavy atom. The molecule has 0 saturated carbocycles. The van der Waals surface area contributed by atoms with Gasteiger partial charge in [0.25, 0.3) is 0 Å². The van der Waals surface area contributed by atoms with Gasteiger partial charge < -0.3 is 15.6 Å². The van der Waals surface area contributed by atoms with E-state index in [1.165, 1.54) is 13.2 Å². The molecule has 0 radical (unpaired) electrons. The first kappa shape index (κ1) is 17.4. The molecule has 0 aliphatic heterocycles. The van der Waals surface area contributed by atoms with Crippen molar-refractivity contribution in [3.05, 3.63) is 22.2 Å². The third-order valence-electron chi connectivity index (χ3n) is 2.71. The molecule has 0 spiro atoms. The predicted molar refractivity (Wildman–Crippen MR) is 81.0 cm³/mol. The molecular weight excluding hydrogens is 348 g/mol. The van der Waals surface area contributed by atoms with Crippen LogP contribution in [0.2, 0.25) is 0 Å². The van der Waals surface area contributed by atoms with Crippen LogP contribution in [0.15, 0.2) is 21.5 Å². The lowest BCUT2D eigenvalue weighted by molar-refractivity contribution is 0.0603. The van der Waals surface area contributed by atoms with Gasteiger partial charge in [-0.05, 0) is 47.0 Å². The lowest BCUT2D eigenvalue weighted by Crippen LogP contribution is -2.29. The van der Waals surface area contributed by atoms with Crippen LogP contribution in [0, 0.1) is 6.92 Å². The van der Waals surface area contributed by atoms with Crippen molar-refractivity contribution < 1.29 is 18.3 Å². The van der Waals surface area contributed by atoms with Crippen molar-refractivity contribution in [2.24, 2.45) is 0 Å². The zero-order chi connectivity index (χ0) is 15.3. The van der Waals surface area contributed by atoms with Crippen LogP contribution < -0.4 is 10.5 Å². The maximum absolute atomic E-state index is 12.2. The second kappa shape index (κ2) is 7.37. The first-order valence-corrected chi connectivity index (χ1v) is 8.28. The molecule has 0 aliphatic rings. The molecular formula is C12H19BrN2O4S. The number of hydrogen-bond acceptors (Lipinski definition) is 5. The molecule has 1 atom stereocenters. The van der Waals surface area contributed by atoms with Crippen LogP contribution in [0.25, 0.3) is 0 Å². The molecule has 6 nitrogen and oxygen atoms in total. The number of nitrogens with one attached hydrogen (secondary N) is 1. The van der Waals surface area contributed by atoms with E-state index in [2.05, 4.69) is 20.7 Å². The highest BCUT2D eigenvalue weighted by atomic mass is 79.9. The Labute approximate surface area is 127 Å². The summed E-state index contributed by atoms with van der Waals surface area (Å²) in [6, 6.07) is 3.07. The molecule has 0 aliphatic carbocycles. The van der Waals surface area contributed by atoms with Crippen LogP contribution in [0.1, 0.15) is 12.0 Å². The van der Waals surface area contributed by atoms with Crippen LogP contribution in [0.4, 0.5) is 5.69 Å². The maximum atomic E-state index is 12.2. The minimum Gasteiger partial charge on any atom is -0.398 e. The highest BCUT2D eigenvalue weighted by molar-refractivity contribution is 9.10. The molecule has 20 heavy (non-hydrogen) atoms. The van der Waals surface area contributed by atoms with E-state index in [1.807, 2.05) is 0 Å². The molecule has 114 valence electrons. The Bertz CT molecular complexity index is 563. The number of sulfonamides is 1. The molecule has 4 N–H and O–H groups in total. The minimum absolute atomic E-state index is 0.127. The van der Waals surface area contributed by atoms with Gasteiger partial charge in [-0.3, -0.25) is 0 Å². The standard InChI is InChI=1S/C12H19BrN2O4S/c1-8-5-10(13)11(14)6-12(8)20(17,18)15-4-3-9(16)7-19-2/h5-6,9,15-16H,3-4,7,14H2,1-2H3. The van der Waals surface area contributed by atoms with Crippen LogP contribution >= 0.6 is 15.9 Å². The van der Waals surface area contributed by atoms with Gasteiger partial charge >= 0.3 is 0 Å². The highest BCUT2D eigenvalue weighted by Gasteiger charge is 2.18. The minimum atomic E-state index is -3.64. The van der Waals surface area contributed by atoms with Crippen molar-refractivity contribution in [2.75, 3.05) is 26.0 Å². The summed E-state index contributed by atoms with van der Waals surface area (Å²) in [5.41, 5.74) is 6.66. The van der Waals surface area contributed by atoms with E-state index in [0.717, 1.165) is 0 Å². The average molecular weight is 367 g/mol. The fraction of sp³-hybridized carbons (Fsp3) is 0.500. The van der Waals surface area contributed by atoms with Gasteiger partial charge in [0.1, 0.15) is 0 Å². The number of methoxy groups -OCH3 is 1. The zero-order valence-electron chi connectivity index (χ0n) is 11.4. The Kier molecular flexibility index (Phi) is 6.41. The van der Waals surface area contributed by atoms with Gasteiger partial charge in [0.15, 0.2) is 0 Å². The van der Waals surface area contributed by atoms with Gasteiger partial charge in [0, 0.05) is 23.8 Å². The number of nitrogens with two attached hydrogens (primary N) is 1. The number of anilines is 1. The number of aliphatic hydroxyl groups excluding tert-OH is 1. The molecule has 1 unspecified atom stereocenters. The fourth-order valence-electron chi connectivity index (χ4n) is 1.67. The summed E-state index contributed by atoms with van der Waals surface area (Å²) >= 11 is 3.25. The van der Waals surface area contributed by atoms with Crippen LogP contribution in [0.5, 0.6) is 0 Å². The molecule has 1 aromatic rings. The van der Waals surface area contributed by atoms with Gasteiger partial charge in [0.2, 0.25) is 10.0 Å². The van der Waals surface area contributed by atoms with Gasteiger partial charge in [-0.25, -0.2) is 13.1 Å². The summed E-state index contributed by atoms with van der Waals surface area (Å²) in [7, 11) is -2.17. The summed E-state index contributed by atoms with van der Waals surface area (Å²) in [4.78, 5) is 0.138. The average Bonchev–Trinajstić information content (AvgIpc) is 2.33. The molecule has 0 aromatic heterocycles. The summed E-state index contributed by atoms with van der Waals surface area (Å²) in [5.74, 6) is 0. The second-order valence-electron chi connectivity index (χ2n) is 4.43. The Morgan fingerprint density at radius 2 is 2.15 bits per heavy atom. The third-order valence-corrected chi connectivity index (χ3v) is 5.00. The Hall–Kier alpha value is -0.670. The first-order chi connectivity index (χ1) is 9.27. The van der Waals surface area contributed by atoms with Crippen LogP contribution in [0.3, 0.4) is 0 Å². The second-order valence-corrected chi connectivity index (χ2v) is 7.02. The molecule has 0 saturated heterocycles. The van der Waals surface area contributed by atoms with E-state index in [0.29, 0.717) is 15.7 Å². The number of benzene rings is 1. The monoisotopic (exact) mass is 366 g/mol. The smallest absolute Gasteiger partial charge is 0.240 e. The van der Waals surface area contributed by atoms with Crippen molar-refractivity contribution in [1.29, 1.82) is 0 Å². The predicted octanol–water partition coefficient (Wildman–Crippen LogP) is 1.02. The number of aryl methyl sites for hydroxylation is 1. The summed E-state index contributed by atoms with van der Waals surface area (Å²) in [6.45, 7) is 1.99. The number of rotatable bonds is 7. The summed E-state index contributed by atoms with van der Waals surface area (Å²) < 4.78 is 32.2. The number of hydrogen-bond donors (Lipinski definition) is 3. The molecule has 0 fully saturated rings. The van der Waals surface area contributed by atoms with Crippen LogP contribution in [-0.4, -0.2) is 39.9 Å². The topological polar surface area (TPSA) is 102 Å². The van der Waals surface area contributed by atoms with Crippen molar-refractivity contribution in [2.45, 2.75) is 24.3 Å². The van der Waals surface area contributed by atoms with Crippen LogP contribution in [-0.2, 0) is 14.8 Å². The van der Waals surface area contributed by atoms with Gasteiger partial charge in [-0.1, -0.05) is 0 Å². The molecule has 0 heterocycles. The molecule has 1 aromatic carbocycles. The number of nitrogen functional groups attached to an aromatic ring is 1. The fourth-order valence-corrected chi connectivity index (χ4v) is 3.44. The molecule has 0 amide bonds. The quantitative estimate of drug-likeness (QED) is 0.625. The van der Waals surface area contributed by atoms with Gasteiger partial charge in [-0.15, -0.1) is 0 Å². The third kappa shape index (κ3) is 4.71. The lowest BCUT2D eigenvalue weighted by Gasteiger charge is -2.13. The lowest BCUT2D eigenvalue weighted by atomic mass is 10.2. The van der Waals surface area contributed by atoms with Gasteiger partial charge in [-0.2, -0.15) is 0 Å². The number of aliphatic hydroxyl groups is 1. The van der Waals surface area contributed by atoms with E-state index in [4.69, 9.17) is 10.5 Å². The SMILES string of the molecule is COCC(O)CCNS(=O)(=O)c1cc(N)c(Br)cc1C. The number of halogens is 1. The normalized spacial score (nSPS) is 13.4. The molecule has 8 heteroatoms. The maximum Gasteiger partial charge on any atom is 0.240 e. The van der Waals surface area contributed by atoms with Crippen molar-refractivity contribution >= 4 is 31.6 Å². The zero-order valence-corrected chi connectivity index (χ0v) is 13.8. The van der Waals surface area contributed by atoms with E-state index >= 15 is 0 Å². The van der Waals surface area contributed by atoms with Crippen molar-refractivity contribution in [1.82, 2.24) is 4.72 Å². The van der Waals surface area contributed by atoms with E-state index < -0.39 is 16.1 Å². The first-order valence-electron chi connectivity index (χ1n) is 6.00. The Balaban J connectivity index is 2.77. The van der Waals surface area contributed by atoms with E-state index in [-0.39, 0.29) is 24.5 Å². The molecule has 0 bridgehead atoms. The van der Waals surface area contributed by atoms with Gasteiger partial charge in [0.05, 0.1) is 17.6 Å². The summed E-state index contributed by atoms with van der Waals surface area (Å²) in [5, 5.41) is 9.47. The van der Waals surface area contributed by atoms with Crippen molar-refractivity contribution in [3.63, 3.8) is 0 Å². The largest absolute Gasteiger partial charge is 0.398 e. The number of ether oxygens (including phenoxy) is 1. The Morgan fingerprint density at radius 1 is 1.50 bits per heavy atom.